The van der Waals surface area contributed by atoms with Crippen LogP contribution in [0, 0.1) is 0 Å². The average molecular weight is 239 g/mol. The maximum Gasteiger partial charge on any atom is 0.263 e. The molecular weight excluding hydrogens is 228 g/mol. The van der Waals surface area contributed by atoms with Gasteiger partial charge in [-0.25, -0.2) is 8.78 Å². The number of hydrogen-bond donors (Lipinski definition) is 2. The summed E-state index contributed by atoms with van der Waals surface area (Å²) in [4.78, 5) is 0. The highest BCUT2D eigenvalue weighted by atomic mass is 19.3. The van der Waals surface area contributed by atoms with Crippen LogP contribution in [0.5, 0.6) is 5.75 Å². The Morgan fingerprint density at radius 2 is 2.06 bits per heavy atom. The van der Waals surface area contributed by atoms with Gasteiger partial charge in [-0.3, -0.25) is 4.68 Å². The van der Waals surface area contributed by atoms with Crippen molar-refractivity contribution >= 4 is 5.82 Å². The number of nitrogen functional groups attached to an aromatic ring is 1. The molecule has 0 aliphatic rings. The predicted octanol–water partition coefficient (Wildman–Crippen LogP) is 2.31. The number of hydrogen-bond acceptors (Lipinski definition) is 3. The monoisotopic (exact) mass is 239 g/mol. The summed E-state index contributed by atoms with van der Waals surface area (Å²) in [6.07, 6.45) is -2.59. The van der Waals surface area contributed by atoms with Crippen LogP contribution in [0.3, 0.4) is 0 Å². The number of nitrogens with zero attached hydrogens (tertiary/aromatic N) is 2. The molecule has 17 heavy (non-hydrogen) atoms. The van der Waals surface area contributed by atoms with Crippen LogP contribution in [0.1, 0.15) is 12.0 Å². The van der Waals surface area contributed by atoms with Crippen LogP contribution < -0.4 is 5.73 Å². The van der Waals surface area contributed by atoms with Crippen molar-refractivity contribution in [2.24, 2.45) is 7.05 Å². The van der Waals surface area contributed by atoms with Crippen LogP contribution in [0.4, 0.5) is 14.6 Å². The van der Waals surface area contributed by atoms with Gasteiger partial charge in [0.1, 0.15) is 11.6 Å². The molecule has 0 amide bonds. The third-order valence-electron chi connectivity index (χ3n) is 2.46. The summed E-state index contributed by atoms with van der Waals surface area (Å²) in [5, 5.41) is 13.7. The van der Waals surface area contributed by atoms with Gasteiger partial charge in [-0.15, -0.1) is 0 Å². The van der Waals surface area contributed by atoms with Gasteiger partial charge in [0.15, 0.2) is 0 Å². The molecule has 2 aromatic rings. The van der Waals surface area contributed by atoms with Gasteiger partial charge in [0, 0.05) is 24.2 Å². The maximum atomic E-state index is 12.5. The van der Waals surface area contributed by atoms with Crippen LogP contribution in [0.25, 0.3) is 11.3 Å². The van der Waals surface area contributed by atoms with E-state index in [1.54, 1.807) is 7.05 Å². The molecule has 0 aliphatic heterocycles. The van der Waals surface area contributed by atoms with E-state index in [-0.39, 0.29) is 16.9 Å². The molecule has 0 bridgehead atoms. The number of nitrogens with two attached hydrogens (primary N) is 1. The number of aryl methyl sites for hydroxylation is 1. The Balaban J connectivity index is 2.54. The van der Waals surface area contributed by atoms with Crippen LogP contribution >= 0.6 is 0 Å². The smallest absolute Gasteiger partial charge is 0.263 e. The molecule has 0 atom stereocenters. The average Bonchev–Trinajstić information content (AvgIpc) is 2.59. The van der Waals surface area contributed by atoms with Gasteiger partial charge in [0.2, 0.25) is 0 Å². The van der Waals surface area contributed by atoms with E-state index in [0.29, 0.717) is 11.5 Å². The summed E-state index contributed by atoms with van der Waals surface area (Å²) < 4.78 is 26.5. The Morgan fingerprint density at radius 3 is 2.59 bits per heavy atom. The topological polar surface area (TPSA) is 64.1 Å². The van der Waals surface area contributed by atoms with Crippen LogP contribution in [-0.2, 0) is 7.05 Å². The zero-order valence-electron chi connectivity index (χ0n) is 9.06. The predicted molar refractivity (Wildman–Crippen MR) is 59.7 cm³/mol. The number of phenolic OH excluding ortho intramolecular Hbond substituents is 1. The third-order valence-corrected chi connectivity index (χ3v) is 2.46. The van der Waals surface area contributed by atoms with E-state index in [0.717, 1.165) is 0 Å². The lowest BCUT2D eigenvalue weighted by molar-refractivity contribution is 0.151. The summed E-state index contributed by atoms with van der Waals surface area (Å²) in [6, 6.07) is 5.13. The van der Waals surface area contributed by atoms with E-state index in [1.807, 2.05) is 0 Å². The highest BCUT2D eigenvalue weighted by Crippen LogP contribution is 2.32. The fourth-order valence-electron chi connectivity index (χ4n) is 1.51. The standard InChI is InChI=1S/C11H11F2N3O/c1-16-10(14)5-8(15-16)7-4-6(11(12)13)2-3-9(7)17/h2-5,11,17H,14H2,1H3. The van der Waals surface area contributed by atoms with E-state index < -0.39 is 6.43 Å². The van der Waals surface area contributed by atoms with Crippen LogP contribution in [0.2, 0.25) is 0 Å². The van der Waals surface area contributed by atoms with Crippen molar-refractivity contribution in [3.8, 4) is 17.0 Å². The molecule has 90 valence electrons. The van der Waals surface area contributed by atoms with Crippen LogP contribution in [0.15, 0.2) is 24.3 Å². The molecule has 0 saturated heterocycles. The zero-order chi connectivity index (χ0) is 12.6. The summed E-state index contributed by atoms with van der Waals surface area (Å²) in [5.41, 5.74) is 6.04. The molecular formula is C11H11F2N3O. The Hall–Kier alpha value is -2.11. The first-order valence-electron chi connectivity index (χ1n) is 4.90. The molecule has 4 nitrogen and oxygen atoms in total. The summed E-state index contributed by atoms with van der Waals surface area (Å²) in [5.74, 6) is 0.286. The van der Waals surface area contributed by atoms with E-state index in [2.05, 4.69) is 5.10 Å². The van der Waals surface area contributed by atoms with Crippen molar-refractivity contribution in [1.82, 2.24) is 9.78 Å². The molecule has 0 saturated carbocycles. The number of alkyl halides is 2. The van der Waals surface area contributed by atoms with Crippen LogP contribution in [-0.4, -0.2) is 14.9 Å². The van der Waals surface area contributed by atoms with Gasteiger partial charge in [-0.05, 0) is 18.2 Å². The normalized spacial score (nSPS) is 11.1. The van der Waals surface area contributed by atoms with Crippen molar-refractivity contribution < 1.29 is 13.9 Å². The quantitative estimate of drug-likeness (QED) is 0.845. The van der Waals surface area contributed by atoms with E-state index in [1.165, 1.54) is 28.9 Å². The molecule has 1 heterocycles. The molecule has 1 aromatic carbocycles. The second kappa shape index (κ2) is 4.04. The molecule has 3 N–H and O–H groups in total. The Labute approximate surface area is 96.3 Å². The molecule has 0 aliphatic carbocycles. The molecule has 1 aromatic heterocycles. The highest BCUT2D eigenvalue weighted by Gasteiger charge is 2.14. The number of anilines is 1. The number of halogens is 2. The Kier molecular flexibility index (Phi) is 2.71. The first-order chi connectivity index (χ1) is 7.99. The first-order valence-corrected chi connectivity index (χ1v) is 4.90. The SMILES string of the molecule is Cn1nc(-c2cc(C(F)F)ccc2O)cc1N. The van der Waals surface area contributed by atoms with E-state index in [4.69, 9.17) is 5.73 Å². The van der Waals surface area contributed by atoms with Gasteiger partial charge in [0.05, 0.1) is 5.69 Å². The number of rotatable bonds is 2. The van der Waals surface area contributed by atoms with Gasteiger partial charge in [0.25, 0.3) is 6.43 Å². The number of phenols is 1. The fourth-order valence-corrected chi connectivity index (χ4v) is 1.51. The molecule has 0 fully saturated rings. The number of benzene rings is 1. The van der Waals surface area contributed by atoms with Crippen molar-refractivity contribution in [1.29, 1.82) is 0 Å². The lowest BCUT2D eigenvalue weighted by Crippen LogP contribution is -1.96. The van der Waals surface area contributed by atoms with Gasteiger partial charge >= 0.3 is 0 Å². The first kappa shape index (κ1) is 11.4. The molecule has 6 heteroatoms. The summed E-state index contributed by atoms with van der Waals surface area (Å²) in [6.45, 7) is 0. The lowest BCUT2D eigenvalue weighted by atomic mass is 10.1. The zero-order valence-corrected chi connectivity index (χ0v) is 9.06. The Morgan fingerprint density at radius 1 is 1.35 bits per heavy atom. The minimum atomic E-state index is -2.59. The highest BCUT2D eigenvalue weighted by molar-refractivity contribution is 5.69. The van der Waals surface area contributed by atoms with Crippen molar-refractivity contribution in [3.63, 3.8) is 0 Å². The molecule has 0 radical (unpaired) electrons. The summed E-state index contributed by atoms with van der Waals surface area (Å²) in [7, 11) is 1.63. The molecule has 0 unspecified atom stereocenters. The number of aromatic nitrogens is 2. The number of aromatic hydroxyl groups is 1. The second-order valence-electron chi connectivity index (χ2n) is 3.66. The minimum absolute atomic E-state index is 0.104. The largest absolute Gasteiger partial charge is 0.507 e. The van der Waals surface area contributed by atoms with E-state index in [9.17, 15) is 13.9 Å². The molecule has 2 rings (SSSR count). The van der Waals surface area contributed by atoms with Crippen molar-refractivity contribution in [2.45, 2.75) is 6.43 Å². The lowest BCUT2D eigenvalue weighted by Gasteiger charge is -2.04. The van der Waals surface area contributed by atoms with Crippen molar-refractivity contribution in [3.05, 3.63) is 29.8 Å². The van der Waals surface area contributed by atoms with Gasteiger partial charge in [-0.1, -0.05) is 0 Å². The molecule has 0 spiro atoms. The van der Waals surface area contributed by atoms with Crippen molar-refractivity contribution in [2.75, 3.05) is 5.73 Å². The Bertz CT molecular complexity index is 532. The third kappa shape index (κ3) is 2.06. The van der Waals surface area contributed by atoms with Gasteiger partial charge in [-0.2, -0.15) is 5.10 Å². The maximum absolute atomic E-state index is 12.5. The van der Waals surface area contributed by atoms with E-state index >= 15 is 0 Å². The summed E-state index contributed by atoms with van der Waals surface area (Å²) >= 11 is 0. The van der Waals surface area contributed by atoms with Gasteiger partial charge < -0.3 is 10.8 Å². The fraction of sp³-hybridized carbons (Fsp3) is 0.182. The minimum Gasteiger partial charge on any atom is -0.507 e. The second-order valence-corrected chi connectivity index (χ2v) is 3.66.